The van der Waals surface area contributed by atoms with Crippen molar-refractivity contribution >= 4 is 17.2 Å². The number of nitrogens with zero attached hydrogens (tertiary/aromatic N) is 2. The van der Waals surface area contributed by atoms with Crippen LogP contribution in [0.4, 0.5) is 11.5 Å². The third-order valence-corrected chi connectivity index (χ3v) is 4.54. The van der Waals surface area contributed by atoms with E-state index in [0.717, 1.165) is 34.2 Å². The van der Waals surface area contributed by atoms with Crippen molar-refractivity contribution in [2.24, 2.45) is 0 Å². The van der Waals surface area contributed by atoms with Crippen LogP contribution in [0.1, 0.15) is 11.1 Å². The van der Waals surface area contributed by atoms with Crippen LogP contribution in [0.5, 0.6) is 5.75 Å². The summed E-state index contributed by atoms with van der Waals surface area (Å²) < 4.78 is 7.38. The van der Waals surface area contributed by atoms with E-state index in [1.54, 1.807) is 7.11 Å². The summed E-state index contributed by atoms with van der Waals surface area (Å²) in [6.45, 7) is 4.18. The molecule has 1 N–H and O–H groups in total. The number of benzene rings is 2. The molecule has 0 saturated heterocycles. The van der Waals surface area contributed by atoms with Gasteiger partial charge in [0.05, 0.1) is 7.11 Å². The molecule has 0 atom stereocenters. The fraction of sp³-hybridized carbons (Fsp3) is 0.136. The molecular weight excluding hydrogens is 322 g/mol. The molecular formula is C22H21N3O. The predicted octanol–water partition coefficient (Wildman–Crippen LogP) is 5.37. The molecule has 0 bridgehead atoms. The van der Waals surface area contributed by atoms with Gasteiger partial charge in [-0.15, -0.1) is 0 Å². The lowest BCUT2D eigenvalue weighted by atomic mass is 10.1. The molecule has 26 heavy (non-hydrogen) atoms. The van der Waals surface area contributed by atoms with Crippen LogP contribution in [0.25, 0.3) is 16.9 Å². The van der Waals surface area contributed by atoms with E-state index < -0.39 is 0 Å². The number of fused-ring (bicyclic) bond motifs is 1. The molecule has 4 heteroatoms. The van der Waals surface area contributed by atoms with Crippen LogP contribution in [0.2, 0.25) is 0 Å². The zero-order chi connectivity index (χ0) is 18.1. The predicted molar refractivity (Wildman–Crippen MR) is 106 cm³/mol. The number of aryl methyl sites for hydroxylation is 2. The van der Waals surface area contributed by atoms with Crippen LogP contribution in [0.15, 0.2) is 66.9 Å². The highest BCUT2D eigenvalue weighted by molar-refractivity contribution is 5.80. The standard InChI is InChI=1S/C22H21N3O/c1-15-12-13-25-20(14-15)24-21(17-8-10-18(26-3)11-9-17)22(25)23-19-7-5-4-6-16(19)2/h4-14,23H,1-3H3. The van der Waals surface area contributed by atoms with Crippen molar-refractivity contribution in [3.63, 3.8) is 0 Å². The summed E-state index contributed by atoms with van der Waals surface area (Å²) in [5, 5.41) is 3.58. The average Bonchev–Trinajstić information content (AvgIpc) is 3.01. The van der Waals surface area contributed by atoms with Crippen LogP contribution in [0.3, 0.4) is 0 Å². The van der Waals surface area contributed by atoms with Gasteiger partial charge in [-0.05, 0) is 67.4 Å². The highest BCUT2D eigenvalue weighted by Gasteiger charge is 2.15. The number of aromatic nitrogens is 2. The molecule has 0 spiro atoms. The topological polar surface area (TPSA) is 38.6 Å². The first-order valence-corrected chi connectivity index (χ1v) is 8.61. The van der Waals surface area contributed by atoms with Crippen molar-refractivity contribution in [2.45, 2.75) is 13.8 Å². The Kier molecular flexibility index (Phi) is 4.09. The van der Waals surface area contributed by atoms with E-state index in [4.69, 9.17) is 9.72 Å². The summed E-state index contributed by atoms with van der Waals surface area (Å²) in [5.41, 5.74) is 6.34. The quantitative estimate of drug-likeness (QED) is 0.541. The van der Waals surface area contributed by atoms with Gasteiger partial charge in [-0.25, -0.2) is 4.98 Å². The number of hydrogen-bond donors (Lipinski definition) is 1. The van der Waals surface area contributed by atoms with E-state index in [1.807, 2.05) is 36.4 Å². The van der Waals surface area contributed by atoms with Crippen molar-refractivity contribution in [3.8, 4) is 17.0 Å². The van der Waals surface area contributed by atoms with Crippen molar-refractivity contribution in [1.82, 2.24) is 9.38 Å². The first kappa shape index (κ1) is 16.2. The normalized spacial score (nSPS) is 10.9. The number of imidazole rings is 1. The Labute approximate surface area is 153 Å². The zero-order valence-electron chi connectivity index (χ0n) is 15.2. The Morgan fingerprint density at radius 2 is 1.73 bits per heavy atom. The Morgan fingerprint density at radius 1 is 0.962 bits per heavy atom. The number of hydrogen-bond acceptors (Lipinski definition) is 3. The van der Waals surface area contributed by atoms with E-state index in [0.29, 0.717) is 0 Å². The molecule has 0 unspecified atom stereocenters. The molecule has 4 rings (SSSR count). The molecule has 130 valence electrons. The lowest BCUT2D eigenvalue weighted by Gasteiger charge is -2.11. The third kappa shape index (κ3) is 2.90. The Hall–Kier alpha value is -3.27. The van der Waals surface area contributed by atoms with Gasteiger partial charge in [-0.1, -0.05) is 18.2 Å². The fourth-order valence-corrected chi connectivity index (χ4v) is 3.06. The van der Waals surface area contributed by atoms with E-state index in [-0.39, 0.29) is 0 Å². The third-order valence-electron chi connectivity index (χ3n) is 4.54. The first-order chi connectivity index (χ1) is 12.7. The van der Waals surface area contributed by atoms with Crippen molar-refractivity contribution in [3.05, 3.63) is 78.0 Å². The molecule has 0 amide bonds. The molecule has 4 nitrogen and oxygen atoms in total. The van der Waals surface area contributed by atoms with Gasteiger partial charge in [0.15, 0.2) is 0 Å². The Bertz CT molecular complexity index is 1060. The van der Waals surface area contributed by atoms with Gasteiger partial charge in [0.1, 0.15) is 22.9 Å². The number of anilines is 2. The van der Waals surface area contributed by atoms with Crippen molar-refractivity contribution in [1.29, 1.82) is 0 Å². The number of rotatable bonds is 4. The van der Waals surface area contributed by atoms with Gasteiger partial charge in [0.25, 0.3) is 0 Å². The largest absolute Gasteiger partial charge is 0.497 e. The lowest BCUT2D eigenvalue weighted by Crippen LogP contribution is -1.98. The van der Waals surface area contributed by atoms with Gasteiger partial charge in [0, 0.05) is 17.4 Å². The second-order valence-electron chi connectivity index (χ2n) is 6.41. The molecule has 4 aromatic rings. The number of pyridine rings is 1. The smallest absolute Gasteiger partial charge is 0.143 e. The zero-order valence-corrected chi connectivity index (χ0v) is 15.2. The summed E-state index contributed by atoms with van der Waals surface area (Å²) in [7, 11) is 1.67. The Morgan fingerprint density at radius 3 is 2.46 bits per heavy atom. The van der Waals surface area contributed by atoms with E-state index >= 15 is 0 Å². The molecule has 0 saturated carbocycles. The minimum atomic E-state index is 0.835. The van der Waals surface area contributed by atoms with E-state index in [1.165, 1.54) is 11.1 Å². The second kappa shape index (κ2) is 6.56. The maximum Gasteiger partial charge on any atom is 0.143 e. The van der Waals surface area contributed by atoms with Gasteiger partial charge in [0.2, 0.25) is 0 Å². The van der Waals surface area contributed by atoms with Crippen molar-refractivity contribution < 1.29 is 4.74 Å². The maximum atomic E-state index is 5.28. The molecule has 2 aromatic carbocycles. The van der Waals surface area contributed by atoms with Gasteiger partial charge in [-0.2, -0.15) is 0 Å². The summed E-state index contributed by atoms with van der Waals surface area (Å²) in [4.78, 5) is 4.88. The number of ether oxygens (including phenoxy) is 1. The summed E-state index contributed by atoms with van der Waals surface area (Å²) in [6.07, 6.45) is 2.06. The summed E-state index contributed by atoms with van der Waals surface area (Å²) >= 11 is 0. The summed E-state index contributed by atoms with van der Waals surface area (Å²) in [6, 6.07) is 20.4. The monoisotopic (exact) mass is 343 g/mol. The fourth-order valence-electron chi connectivity index (χ4n) is 3.06. The Balaban J connectivity index is 1.89. The highest BCUT2D eigenvalue weighted by Crippen LogP contribution is 2.33. The van der Waals surface area contributed by atoms with E-state index in [2.05, 4.69) is 54.0 Å². The second-order valence-corrected chi connectivity index (χ2v) is 6.41. The lowest BCUT2D eigenvalue weighted by molar-refractivity contribution is 0.415. The van der Waals surface area contributed by atoms with Crippen LogP contribution in [-0.2, 0) is 0 Å². The summed E-state index contributed by atoms with van der Waals surface area (Å²) in [5.74, 6) is 1.79. The molecule has 0 aliphatic carbocycles. The van der Waals surface area contributed by atoms with Gasteiger partial charge < -0.3 is 10.1 Å². The molecule has 0 aliphatic heterocycles. The van der Waals surface area contributed by atoms with Gasteiger partial charge >= 0.3 is 0 Å². The molecule has 0 aliphatic rings. The van der Waals surface area contributed by atoms with Crippen LogP contribution < -0.4 is 10.1 Å². The highest BCUT2D eigenvalue weighted by atomic mass is 16.5. The van der Waals surface area contributed by atoms with E-state index in [9.17, 15) is 0 Å². The van der Waals surface area contributed by atoms with Crippen LogP contribution in [-0.4, -0.2) is 16.5 Å². The van der Waals surface area contributed by atoms with Crippen molar-refractivity contribution in [2.75, 3.05) is 12.4 Å². The molecule has 2 heterocycles. The average molecular weight is 343 g/mol. The minimum absolute atomic E-state index is 0.835. The number of methoxy groups -OCH3 is 1. The maximum absolute atomic E-state index is 5.28. The molecule has 2 aromatic heterocycles. The molecule has 0 fully saturated rings. The van der Waals surface area contributed by atoms with Gasteiger partial charge in [-0.3, -0.25) is 4.40 Å². The number of nitrogens with one attached hydrogen (secondary N) is 1. The van der Waals surface area contributed by atoms with Crippen LogP contribution >= 0.6 is 0 Å². The minimum Gasteiger partial charge on any atom is -0.497 e. The SMILES string of the molecule is COc1ccc(-c2nc3cc(C)ccn3c2Nc2ccccc2C)cc1. The first-order valence-electron chi connectivity index (χ1n) is 8.61. The molecule has 0 radical (unpaired) electrons. The van der Waals surface area contributed by atoms with Crippen LogP contribution in [0, 0.1) is 13.8 Å². The number of para-hydroxylation sites is 1.